The lowest BCUT2D eigenvalue weighted by atomic mass is 9.86. The van der Waals surface area contributed by atoms with Gasteiger partial charge in [-0.3, -0.25) is 9.59 Å². The minimum Gasteiger partial charge on any atom is -0.420 e. The van der Waals surface area contributed by atoms with Gasteiger partial charge in [-0.15, -0.1) is 0 Å². The van der Waals surface area contributed by atoms with Gasteiger partial charge >= 0.3 is 5.97 Å². The van der Waals surface area contributed by atoms with E-state index in [-0.39, 0.29) is 18.8 Å². The predicted octanol–water partition coefficient (Wildman–Crippen LogP) is 5.43. The molecule has 11 heteroatoms. The lowest BCUT2D eigenvalue weighted by molar-refractivity contribution is -0.290. The summed E-state index contributed by atoms with van der Waals surface area (Å²) in [6.07, 6.45) is 3.33. The van der Waals surface area contributed by atoms with Gasteiger partial charge in [0.25, 0.3) is 0 Å². The average Bonchev–Trinajstić information content (AvgIpc) is 2.85. The van der Waals surface area contributed by atoms with Crippen LogP contribution in [0.3, 0.4) is 0 Å². The second-order valence-electron chi connectivity index (χ2n) is 8.40. The molecule has 192 valence electrons. The largest absolute Gasteiger partial charge is 0.420 e. The summed E-state index contributed by atoms with van der Waals surface area (Å²) >= 11 is 0. The highest BCUT2D eigenvalue weighted by atomic mass is 19.2. The maximum absolute atomic E-state index is 14.1. The number of carbonyl (C=O) groups is 2. The molecule has 1 aromatic rings. The Morgan fingerprint density at radius 3 is 2.21 bits per heavy atom. The molecule has 1 aromatic carbocycles. The number of esters is 1. The first-order valence-electron chi connectivity index (χ1n) is 11.4. The fourth-order valence-electron chi connectivity index (χ4n) is 3.77. The third-order valence-corrected chi connectivity index (χ3v) is 5.89. The molecule has 0 aromatic heterocycles. The summed E-state index contributed by atoms with van der Waals surface area (Å²) in [4.78, 5) is 30.7. The summed E-state index contributed by atoms with van der Waals surface area (Å²) < 4.78 is 79.1. The van der Waals surface area contributed by atoms with Gasteiger partial charge in [0.15, 0.2) is 6.29 Å². The minimum absolute atomic E-state index is 0.0901. The standard InChI is InChI=1S/C23H30F5NO5/c1-4-8-15(29(12-30)34-16-9-6-7-10-32-16)14(11-13(3)5-2)23(31)33-22-20(27)18(25)17(24)19(26)21(22)28/h12-16H,4-11H2,1-3H3/t13?,14-,15+,16?/m1/s1. The van der Waals surface area contributed by atoms with Crippen molar-refractivity contribution in [3.05, 3.63) is 29.1 Å². The van der Waals surface area contributed by atoms with Crippen LogP contribution in [0.2, 0.25) is 0 Å². The molecule has 0 radical (unpaired) electrons. The van der Waals surface area contributed by atoms with Crippen molar-refractivity contribution in [1.29, 1.82) is 0 Å². The molecule has 2 rings (SSSR count). The fourth-order valence-corrected chi connectivity index (χ4v) is 3.77. The van der Waals surface area contributed by atoms with Crippen LogP contribution in [0.5, 0.6) is 5.75 Å². The zero-order valence-electron chi connectivity index (χ0n) is 19.4. The van der Waals surface area contributed by atoms with E-state index >= 15 is 0 Å². The Morgan fingerprint density at radius 2 is 1.71 bits per heavy atom. The maximum Gasteiger partial charge on any atom is 0.316 e. The number of benzene rings is 1. The van der Waals surface area contributed by atoms with E-state index < -0.39 is 59.1 Å². The third kappa shape index (κ3) is 6.65. The van der Waals surface area contributed by atoms with Crippen molar-refractivity contribution in [2.75, 3.05) is 6.61 Å². The van der Waals surface area contributed by atoms with Crippen LogP contribution in [-0.2, 0) is 19.2 Å². The number of nitrogens with zero attached hydrogens (tertiary/aromatic N) is 1. The van der Waals surface area contributed by atoms with Gasteiger partial charge < -0.3 is 9.47 Å². The van der Waals surface area contributed by atoms with Gasteiger partial charge in [0.05, 0.1) is 12.0 Å². The van der Waals surface area contributed by atoms with E-state index in [0.29, 0.717) is 32.3 Å². The smallest absolute Gasteiger partial charge is 0.316 e. The molecule has 1 fully saturated rings. The number of carbonyl (C=O) groups excluding carboxylic acids is 2. The summed E-state index contributed by atoms with van der Waals surface area (Å²) in [6.45, 7) is 5.91. The average molecular weight is 495 g/mol. The van der Waals surface area contributed by atoms with Gasteiger partial charge in [0, 0.05) is 13.0 Å². The summed E-state index contributed by atoms with van der Waals surface area (Å²) in [6, 6.07) is -0.921. The molecule has 0 N–H and O–H groups in total. The van der Waals surface area contributed by atoms with E-state index in [1.807, 2.05) is 13.8 Å². The van der Waals surface area contributed by atoms with Crippen LogP contribution in [0, 0.1) is 40.9 Å². The van der Waals surface area contributed by atoms with Crippen LogP contribution >= 0.6 is 0 Å². The zero-order chi connectivity index (χ0) is 25.4. The molecular weight excluding hydrogens is 465 g/mol. The summed E-state index contributed by atoms with van der Waals surface area (Å²) in [5.41, 5.74) is 0. The molecular formula is C23H30F5NO5. The number of hydroxylamine groups is 2. The van der Waals surface area contributed by atoms with Crippen LogP contribution in [0.15, 0.2) is 0 Å². The van der Waals surface area contributed by atoms with Crippen molar-refractivity contribution in [2.45, 2.75) is 78.0 Å². The molecule has 1 aliphatic heterocycles. The van der Waals surface area contributed by atoms with Gasteiger partial charge in [0.2, 0.25) is 41.2 Å². The quantitative estimate of drug-likeness (QED) is 0.0737. The molecule has 1 heterocycles. The number of ether oxygens (including phenoxy) is 2. The highest BCUT2D eigenvalue weighted by molar-refractivity contribution is 5.76. The van der Waals surface area contributed by atoms with Crippen molar-refractivity contribution < 1.29 is 45.9 Å². The number of amides is 1. The molecule has 4 atom stereocenters. The van der Waals surface area contributed by atoms with Crippen LogP contribution in [0.4, 0.5) is 22.0 Å². The van der Waals surface area contributed by atoms with E-state index in [1.165, 1.54) is 0 Å². The van der Waals surface area contributed by atoms with E-state index in [4.69, 9.17) is 14.3 Å². The molecule has 0 bridgehead atoms. The van der Waals surface area contributed by atoms with E-state index in [2.05, 4.69) is 0 Å². The Kier molecular flexibility index (Phi) is 10.7. The monoisotopic (exact) mass is 495 g/mol. The van der Waals surface area contributed by atoms with Crippen molar-refractivity contribution in [3.8, 4) is 5.75 Å². The first-order chi connectivity index (χ1) is 16.2. The third-order valence-electron chi connectivity index (χ3n) is 5.89. The van der Waals surface area contributed by atoms with Crippen molar-refractivity contribution in [1.82, 2.24) is 5.06 Å². The Balaban J connectivity index is 2.39. The number of rotatable bonds is 12. The summed E-state index contributed by atoms with van der Waals surface area (Å²) in [5.74, 6) is -15.5. The highest BCUT2D eigenvalue weighted by Crippen LogP contribution is 2.32. The fraction of sp³-hybridized carbons (Fsp3) is 0.652. The molecule has 0 aliphatic carbocycles. The zero-order valence-corrected chi connectivity index (χ0v) is 19.4. The molecule has 6 nitrogen and oxygen atoms in total. The van der Waals surface area contributed by atoms with Gasteiger partial charge in [-0.2, -0.15) is 8.78 Å². The first kappa shape index (κ1) is 28.0. The molecule has 1 saturated heterocycles. The predicted molar refractivity (Wildman–Crippen MR) is 111 cm³/mol. The second kappa shape index (κ2) is 13.0. The Bertz CT molecular complexity index is 821. The maximum atomic E-state index is 14.1. The van der Waals surface area contributed by atoms with Gasteiger partial charge in [-0.05, 0) is 31.6 Å². The highest BCUT2D eigenvalue weighted by Gasteiger charge is 2.38. The van der Waals surface area contributed by atoms with Crippen molar-refractivity contribution in [3.63, 3.8) is 0 Å². The SMILES string of the molecule is CCC[C@@H]([C@@H](CC(C)CC)C(=O)Oc1c(F)c(F)c(F)c(F)c1F)N(C=O)OC1CCCCO1. The van der Waals surface area contributed by atoms with Crippen molar-refractivity contribution in [2.24, 2.45) is 11.8 Å². The Morgan fingerprint density at radius 1 is 1.09 bits per heavy atom. The van der Waals surface area contributed by atoms with E-state index in [9.17, 15) is 31.5 Å². The van der Waals surface area contributed by atoms with E-state index in [0.717, 1.165) is 17.9 Å². The first-order valence-corrected chi connectivity index (χ1v) is 11.4. The van der Waals surface area contributed by atoms with Crippen LogP contribution < -0.4 is 4.74 Å². The van der Waals surface area contributed by atoms with Crippen LogP contribution in [-0.4, -0.2) is 36.4 Å². The van der Waals surface area contributed by atoms with Crippen molar-refractivity contribution >= 4 is 12.4 Å². The van der Waals surface area contributed by atoms with Gasteiger partial charge in [-0.25, -0.2) is 23.1 Å². The van der Waals surface area contributed by atoms with Gasteiger partial charge in [0.1, 0.15) is 0 Å². The molecule has 1 amide bonds. The molecule has 0 spiro atoms. The lowest BCUT2D eigenvalue weighted by Gasteiger charge is -2.36. The van der Waals surface area contributed by atoms with Crippen LogP contribution in [0.25, 0.3) is 0 Å². The van der Waals surface area contributed by atoms with Crippen LogP contribution in [0.1, 0.15) is 65.7 Å². The summed E-state index contributed by atoms with van der Waals surface area (Å²) in [5, 5.41) is 0.937. The second-order valence-corrected chi connectivity index (χ2v) is 8.40. The molecule has 0 saturated carbocycles. The molecule has 1 aliphatic rings. The minimum atomic E-state index is -2.36. The lowest BCUT2D eigenvalue weighted by Crippen LogP contribution is -2.47. The topological polar surface area (TPSA) is 65.1 Å². The number of hydrogen-bond acceptors (Lipinski definition) is 5. The van der Waals surface area contributed by atoms with E-state index in [1.54, 1.807) is 6.92 Å². The number of halogens is 5. The molecule has 34 heavy (non-hydrogen) atoms. The van der Waals surface area contributed by atoms with Gasteiger partial charge in [-0.1, -0.05) is 33.6 Å². The normalized spacial score (nSPS) is 18.8. The Hall–Kier alpha value is -2.27. The summed E-state index contributed by atoms with van der Waals surface area (Å²) in [7, 11) is 0. The number of hydrogen-bond donors (Lipinski definition) is 0. The Labute approximate surface area is 195 Å². The molecule has 2 unspecified atom stereocenters.